The molecular weight excluding hydrogens is 246 g/mol. The molecule has 0 spiro atoms. The van der Waals surface area contributed by atoms with Crippen LogP contribution in [0.2, 0.25) is 0 Å². The monoisotopic (exact) mass is 263 g/mol. The van der Waals surface area contributed by atoms with Crippen molar-refractivity contribution in [1.29, 1.82) is 10.5 Å². The fourth-order valence-corrected chi connectivity index (χ4v) is 2.04. The maximum absolute atomic E-state index is 9.00. The van der Waals surface area contributed by atoms with Crippen molar-refractivity contribution >= 4 is 11.8 Å². The fourth-order valence-electron chi connectivity index (χ4n) is 2.04. The summed E-state index contributed by atoms with van der Waals surface area (Å²) in [6.07, 6.45) is 6.05. The lowest BCUT2D eigenvalue weighted by Crippen LogP contribution is -2.07. The van der Waals surface area contributed by atoms with Crippen LogP contribution < -0.4 is 4.90 Å². The molecule has 1 aromatic rings. The second kappa shape index (κ2) is 6.08. The minimum absolute atomic E-state index is 0.244. The van der Waals surface area contributed by atoms with Gasteiger partial charge in [-0.25, -0.2) is 0 Å². The zero-order valence-corrected chi connectivity index (χ0v) is 11.8. The Balaban J connectivity index is 2.21. The third-order valence-corrected chi connectivity index (χ3v) is 3.39. The summed E-state index contributed by atoms with van der Waals surface area (Å²) in [5.41, 5.74) is 3.35. The maximum atomic E-state index is 9.00. The zero-order chi connectivity index (χ0) is 14.5. The van der Waals surface area contributed by atoms with Crippen molar-refractivity contribution in [3.8, 4) is 12.1 Å². The summed E-state index contributed by atoms with van der Waals surface area (Å²) < 4.78 is 0. The van der Waals surface area contributed by atoms with Crippen molar-refractivity contribution in [3.63, 3.8) is 0 Å². The number of rotatable bonds is 4. The molecule has 0 bridgehead atoms. The van der Waals surface area contributed by atoms with Crippen LogP contribution in [0.25, 0.3) is 6.08 Å². The highest BCUT2D eigenvalue weighted by molar-refractivity contribution is 5.60. The van der Waals surface area contributed by atoms with Gasteiger partial charge in [0, 0.05) is 19.8 Å². The molecule has 0 amide bonds. The van der Waals surface area contributed by atoms with Gasteiger partial charge in [-0.05, 0) is 42.0 Å². The fraction of sp³-hybridized carbons (Fsp3) is 0.294. The summed E-state index contributed by atoms with van der Waals surface area (Å²) >= 11 is 0. The lowest BCUT2D eigenvalue weighted by molar-refractivity contribution is 1.04. The molecule has 1 fully saturated rings. The molecule has 20 heavy (non-hydrogen) atoms. The zero-order valence-electron chi connectivity index (χ0n) is 11.8. The molecule has 100 valence electrons. The summed E-state index contributed by atoms with van der Waals surface area (Å²) in [6.45, 7) is 0. The van der Waals surface area contributed by atoms with E-state index in [1.54, 1.807) is 0 Å². The van der Waals surface area contributed by atoms with Gasteiger partial charge in [0.15, 0.2) is 0 Å². The van der Waals surface area contributed by atoms with Gasteiger partial charge in [0.05, 0.1) is 0 Å². The Bertz CT molecular complexity index is 602. The predicted octanol–water partition coefficient (Wildman–Crippen LogP) is 3.52. The van der Waals surface area contributed by atoms with Crippen molar-refractivity contribution in [2.45, 2.75) is 12.8 Å². The van der Waals surface area contributed by atoms with Crippen LogP contribution in [0, 0.1) is 28.6 Å². The number of anilines is 1. The van der Waals surface area contributed by atoms with E-state index in [1.165, 1.54) is 0 Å². The molecule has 0 aliphatic heterocycles. The summed E-state index contributed by atoms with van der Waals surface area (Å²) in [4.78, 5) is 2.05. The smallest absolute Gasteiger partial charge is 0.133 e. The van der Waals surface area contributed by atoms with Gasteiger partial charge in [0.25, 0.3) is 0 Å². The molecule has 0 saturated heterocycles. The largest absolute Gasteiger partial charge is 0.378 e. The second-order valence-corrected chi connectivity index (χ2v) is 5.15. The molecule has 3 heteroatoms. The summed E-state index contributed by atoms with van der Waals surface area (Å²) in [5.74, 6) is 0.390. The quantitative estimate of drug-likeness (QED) is 0.617. The van der Waals surface area contributed by atoms with Crippen molar-refractivity contribution in [2.75, 3.05) is 19.0 Å². The molecule has 1 saturated carbocycles. The van der Waals surface area contributed by atoms with E-state index in [0.717, 1.165) is 29.7 Å². The molecule has 0 unspecified atom stereocenters. The van der Waals surface area contributed by atoms with Gasteiger partial charge in [-0.1, -0.05) is 24.3 Å². The van der Waals surface area contributed by atoms with Gasteiger partial charge in [0.1, 0.15) is 17.7 Å². The lowest BCUT2D eigenvalue weighted by Gasteiger charge is -2.11. The van der Waals surface area contributed by atoms with E-state index in [0.29, 0.717) is 5.92 Å². The normalized spacial score (nSPS) is 13.6. The van der Waals surface area contributed by atoms with E-state index in [9.17, 15) is 0 Å². The van der Waals surface area contributed by atoms with Crippen LogP contribution in [0.3, 0.4) is 0 Å². The number of hydrogen-bond acceptors (Lipinski definition) is 3. The first kappa shape index (κ1) is 13.9. The molecule has 0 atom stereocenters. The highest BCUT2D eigenvalue weighted by atomic mass is 15.1. The average Bonchev–Trinajstić information content (AvgIpc) is 3.28. The molecule has 1 aliphatic rings. The molecule has 0 N–H and O–H groups in total. The molecule has 1 aromatic carbocycles. The van der Waals surface area contributed by atoms with E-state index in [1.807, 2.05) is 55.4 Å². The van der Waals surface area contributed by atoms with E-state index in [2.05, 4.69) is 12.1 Å². The van der Waals surface area contributed by atoms with Crippen molar-refractivity contribution in [1.82, 2.24) is 0 Å². The number of allylic oxidation sites excluding steroid dienone is 3. The Morgan fingerprint density at radius 2 is 1.75 bits per heavy atom. The Kier molecular flexibility index (Phi) is 4.23. The lowest BCUT2D eigenvalue weighted by atomic mass is 10.0. The molecule has 2 rings (SSSR count). The topological polar surface area (TPSA) is 50.8 Å². The van der Waals surface area contributed by atoms with Crippen molar-refractivity contribution in [2.24, 2.45) is 5.92 Å². The molecule has 3 nitrogen and oxygen atoms in total. The van der Waals surface area contributed by atoms with Crippen LogP contribution in [0.1, 0.15) is 18.4 Å². The van der Waals surface area contributed by atoms with Crippen molar-refractivity contribution < 1.29 is 0 Å². The molecular formula is C17H17N3. The van der Waals surface area contributed by atoms with Crippen LogP contribution in [-0.4, -0.2) is 14.1 Å². The summed E-state index contributed by atoms with van der Waals surface area (Å²) in [6, 6.07) is 12.2. The number of hydrogen-bond donors (Lipinski definition) is 0. The number of nitriles is 2. The molecule has 0 heterocycles. The minimum atomic E-state index is 0.244. The van der Waals surface area contributed by atoms with Gasteiger partial charge < -0.3 is 4.90 Å². The number of benzene rings is 1. The highest BCUT2D eigenvalue weighted by Crippen LogP contribution is 2.38. The van der Waals surface area contributed by atoms with E-state index < -0.39 is 0 Å². The molecule has 0 radical (unpaired) electrons. The van der Waals surface area contributed by atoms with E-state index in [4.69, 9.17) is 10.5 Å². The standard InChI is InChI=1S/C17H17N3/c1-20(2)16-8-3-13(4-9-16)5-10-17(14-6-7-14)15(11-18)12-19/h3-5,8-10,14H,6-7H2,1-2H3/b10-5+. The van der Waals surface area contributed by atoms with Crippen LogP contribution >= 0.6 is 0 Å². The SMILES string of the molecule is CN(C)c1ccc(/C=C/C(=C(C#N)C#N)C2CC2)cc1. The van der Waals surface area contributed by atoms with Crippen LogP contribution in [0.5, 0.6) is 0 Å². The van der Waals surface area contributed by atoms with Gasteiger partial charge in [-0.2, -0.15) is 10.5 Å². The Hall–Kier alpha value is -2.52. The van der Waals surface area contributed by atoms with Crippen molar-refractivity contribution in [3.05, 3.63) is 47.1 Å². The van der Waals surface area contributed by atoms with E-state index >= 15 is 0 Å². The van der Waals surface area contributed by atoms with Gasteiger partial charge in [0.2, 0.25) is 0 Å². The molecule has 0 aromatic heterocycles. The maximum Gasteiger partial charge on any atom is 0.133 e. The van der Waals surface area contributed by atoms with Gasteiger partial charge in [-0.15, -0.1) is 0 Å². The van der Waals surface area contributed by atoms with Crippen LogP contribution in [-0.2, 0) is 0 Å². The third kappa shape index (κ3) is 3.28. The summed E-state index contributed by atoms with van der Waals surface area (Å²) in [7, 11) is 4.01. The predicted molar refractivity (Wildman–Crippen MR) is 80.8 cm³/mol. The Morgan fingerprint density at radius 1 is 1.15 bits per heavy atom. The van der Waals surface area contributed by atoms with E-state index in [-0.39, 0.29) is 5.57 Å². The first-order valence-corrected chi connectivity index (χ1v) is 6.65. The second-order valence-electron chi connectivity index (χ2n) is 5.15. The molecule has 1 aliphatic carbocycles. The first-order chi connectivity index (χ1) is 9.65. The van der Waals surface area contributed by atoms with Crippen LogP contribution in [0.15, 0.2) is 41.5 Å². The minimum Gasteiger partial charge on any atom is -0.378 e. The Labute approximate surface area is 120 Å². The van der Waals surface area contributed by atoms with Crippen LogP contribution in [0.4, 0.5) is 5.69 Å². The summed E-state index contributed by atoms with van der Waals surface area (Å²) in [5, 5.41) is 18.0. The highest BCUT2D eigenvalue weighted by Gasteiger charge is 2.27. The Morgan fingerprint density at radius 3 is 2.20 bits per heavy atom. The number of nitrogens with zero attached hydrogens (tertiary/aromatic N) is 3. The first-order valence-electron chi connectivity index (χ1n) is 6.65. The average molecular weight is 263 g/mol. The third-order valence-electron chi connectivity index (χ3n) is 3.39. The van der Waals surface area contributed by atoms with Gasteiger partial charge >= 0.3 is 0 Å². The van der Waals surface area contributed by atoms with Gasteiger partial charge in [-0.3, -0.25) is 0 Å².